The summed E-state index contributed by atoms with van der Waals surface area (Å²) in [5, 5.41) is 9.23. The standard InChI is InChI=1S/C27H37NO5/c1-3-5-6-10-18-28(19-17-22-11-8-7-9-12-22)26(29)21-33-24-15-13-23(14-16-24)20-25(27(30)31)32-4-2/h7-9,11-16,25H,3-6,10,17-21H2,1-2H3,(H,30,31)/t25-/m1/s1. The van der Waals surface area contributed by atoms with Gasteiger partial charge >= 0.3 is 5.97 Å². The molecule has 0 unspecified atom stereocenters. The van der Waals surface area contributed by atoms with Crippen molar-refractivity contribution in [3.63, 3.8) is 0 Å². The first-order valence-corrected chi connectivity index (χ1v) is 11.9. The third-order valence-electron chi connectivity index (χ3n) is 5.50. The van der Waals surface area contributed by atoms with E-state index in [2.05, 4.69) is 19.1 Å². The van der Waals surface area contributed by atoms with Crippen LogP contribution in [0.4, 0.5) is 0 Å². The third kappa shape index (κ3) is 10.1. The Morgan fingerprint density at radius 1 is 0.909 bits per heavy atom. The van der Waals surface area contributed by atoms with Crippen LogP contribution in [-0.4, -0.2) is 54.3 Å². The smallest absolute Gasteiger partial charge is 0.333 e. The van der Waals surface area contributed by atoms with Gasteiger partial charge in [0.15, 0.2) is 12.7 Å². The molecular weight excluding hydrogens is 418 g/mol. The van der Waals surface area contributed by atoms with Crippen LogP contribution in [0.3, 0.4) is 0 Å². The van der Waals surface area contributed by atoms with Crippen molar-refractivity contribution >= 4 is 11.9 Å². The summed E-state index contributed by atoms with van der Waals surface area (Å²) < 4.78 is 11.0. The lowest BCUT2D eigenvalue weighted by atomic mass is 10.1. The SMILES string of the molecule is CCCCCCN(CCc1ccccc1)C(=O)COc1ccc(C[C@@H](OCC)C(=O)O)cc1. The largest absolute Gasteiger partial charge is 0.484 e. The minimum Gasteiger partial charge on any atom is -0.484 e. The average molecular weight is 456 g/mol. The lowest BCUT2D eigenvalue weighted by Gasteiger charge is -2.23. The van der Waals surface area contributed by atoms with E-state index in [4.69, 9.17) is 9.47 Å². The van der Waals surface area contributed by atoms with Gasteiger partial charge in [-0.25, -0.2) is 4.79 Å². The van der Waals surface area contributed by atoms with Crippen molar-refractivity contribution in [1.29, 1.82) is 0 Å². The fourth-order valence-corrected chi connectivity index (χ4v) is 3.59. The van der Waals surface area contributed by atoms with Gasteiger partial charge in [-0.2, -0.15) is 0 Å². The number of carbonyl (C=O) groups is 2. The van der Waals surface area contributed by atoms with Crippen molar-refractivity contribution in [1.82, 2.24) is 4.90 Å². The Kier molecular flexibility index (Phi) is 12.0. The highest BCUT2D eigenvalue weighted by Gasteiger charge is 2.18. The Hall–Kier alpha value is -2.86. The number of ether oxygens (including phenoxy) is 2. The van der Waals surface area contributed by atoms with Gasteiger partial charge in [-0.05, 0) is 43.0 Å². The summed E-state index contributed by atoms with van der Waals surface area (Å²) in [6.45, 7) is 5.69. The maximum Gasteiger partial charge on any atom is 0.333 e. The van der Waals surface area contributed by atoms with Gasteiger partial charge < -0.3 is 19.5 Å². The van der Waals surface area contributed by atoms with E-state index >= 15 is 0 Å². The molecule has 0 fully saturated rings. The number of carboxylic acid groups (broad SMARTS) is 1. The van der Waals surface area contributed by atoms with E-state index in [1.165, 1.54) is 12.0 Å². The molecule has 0 bridgehead atoms. The molecule has 0 aliphatic rings. The van der Waals surface area contributed by atoms with Gasteiger partial charge in [-0.15, -0.1) is 0 Å². The summed E-state index contributed by atoms with van der Waals surface area (Å²) in [6.07, 6.45) is 4.69. The molecule has 2 aromatic rings. The second-order valence-electron chi connectivity index (χ2n) is 8.10. The van der Waals surface area contributed by atoms with Crippen LogP contribution < -0.4 is 4.74 Å². The molecule has 1 N–H and O–H groups in total. The first kappa shape index (κ1) is 26.4. The van der Waals surface area contributed by atoms with E-state index in [0.717, 1.165) is 37.8 Å². The molecule has 0 heterocycles. The average Bonchev–Trinajstić information content (AvgIpc) is 2.83. The van der Waals surface area contributed by atoms with E-state index < -0.39 is 12.1 Å². The Morgan fingerprint density at radius 2 is 1.64 bits per heavy atom. The zero-order valence-corrected chi connectivity index (χ0v) is 19.9. The van der Waals surface area contributed by atoms with Crippen LogP contribution in [-0.2, 0) is 27.2 Å². The van der Waals surface area contributed by atoms with E-state index in [0.29, 0.717) is 18.9 Å². The van der Waals surface area contributed by atoms with Crippen molar-refractivity contribution in [2.24, 2.45) is 0 Å². The maximum atomic E-state index is 12.9. The number of aliphatic carboxylic acids is 1. The van der Waals surface area contributed by atoms with E-state index in [1.54, 1.807) is 19.1 Å². The Morgan fingerprint density at radius 3 is 2.27 bits per heavy atom. The number of hydrogen-bond acceptors (Lipinski definition) is 4. The van der Waals surface area contributed by atoms with Gasteiger partial charge in [0.1, 0.15) is 5.75 Å². The monoisotopic (exact) mass is 455 g/mol. The molecular formula is C27H37NO5. The van der Waals surface area contributed by atoms with Gasteiger partial charge in [0, 0.05) is 26.1 Å². The second-order valence-corrected chi connectivity index (χ2v) is 8.10. The minimum absolute atomic E-state index is 0.0153. The molecule has 1 amide bonds. The van der Waals surface area contributed by atoms with Crippen molar-refractivity contribution in [2.45, 2.75) is 58.5 Å². The van der Waals surface area contributed by atoms with Crippen molar-refractivity contribution in [2.75, 3.05) is 26.3 Å². The number of nitrogens with zero attached hydrogens (tertiary/aromatic N) is 1. The number of carboxylic acids is 1. The van der Waals surface area contributed by atoms with Gasteiger partial charge in [0.2, 0.25) is 0 Å². The van der Waals surface area contributed by atoms with Crippen molar-refractivity contribution in [3.8, 4) is 5.75 Å². The zero-order valence-electron chi connectivity index (χ0n) is 19.9. The molecule has 2 rings (SSSR count). The molecule has 6 heteroatoms. The molecule has 33 heavy (non-hydrogen) atoms. The quantitative estimate of drug-likeness (QED) is 0.370. The van der Waals surface area contributed by atoms with Crippen LogP contribution in [0.2, 0.25) is 0 Å². The maximum absolute atomic E-state index is 12.9. The summed E-state index contributed by atoms with van der Waals surface area (Å²) >= 11 is 0. The van der Waals surface area contributed by atoms with Crippen LogP contribution in [0.5, 0.6) is 5.75 Å². The summed E-state index contributed by atoms with van der Waals surface area (Å²) in [5.74, 6) is -0.407. The van der Waals surface area contributed by atoms with Gasteiger partial charge in [-0.3, -0.25) is 4.79 Å². The molecule has 0 aliphatic heterocycles. The molecule has 0 saturated carbocycles. The molecule has 0 radical (unpaired) electrons. The third-order valence-corrected chi connectivity index (χ3v) is 5.50. The van der Waals surface area contributed by atoms with Crippen LogP contribution in [0.1, 0.15) is 50.7 Å². The summed E-state index contributed by atoms with van der Waals surface area (Å²) in [6, 6.07) is 17.3. The molecule has 0 saturated heterocycles. The number of benzene rings is 2. The van der Waals surface area contributed by atoms with Crippen LogP contribution >= 0.6 is 0 Å². The van der Waals surface area contributed by atoms with Gasteiger partial charge in [0.25, 0.3) is 5.91 Å². The predicted octanol–water partition coefficient (Wildman–Crippen LogP) is 4.75. The van der Waals surface area contributed by atoms with Gasteiger partial charge in [0.05, 0.1) is 0 Å². The molecule has 0 spiro atoms. The fourth-order valence-electron chi connectivity index (χ4n) is 3.59. The van der Waals surface area contributed by atoms with E-state index in [9.17, 15) is 14.7 Å². The van der Waals surface area contributed by atoms with Crippen LogP contribution in [0, 0.1) is 0 Å². The normalized spacial score (nSPS) is 11.7. The molecule has 180 valence electrons. The predicted molar refractivity (Wildman–Crippen MR) is 130 cm³/mol. The molecule has 0 aliphatic carbocycles. The topological polar surface area (TPSA) is 76.1 Å². The van der Waals surface area contributed by atoms with Crippen molar-refractivity contribution in [3.05, 3.63) is 65.7 Å². The molecule has 1 atom stereocenters. The lowest BCUT2D eigenvalue weighted by Crippen LogP contribution is -2.37. The Labute approximate surface area is 197 Å². The number of carbonyl (C=O) groups excluding carboxylic acids is 1. The molecule has 6 nitrogen and oxygen atoms in total. The summed E-state index contributed by atoms with van der Waals surface area (Å²) in [4.78, 5) is 26.0. The Balaban J connectivity index is 1.89. The van der Waals surface area contributed by atoms with Crippen LogP contribution in [0.25, 0.3) is 0 Å². The van der Waals surface area contributed by atoms with E-state index in [-0.39, 0.29) is 18.9 Å². The summed E-state index contributed by atoms with van der Waals surface area (Å²) in [7, 11) is 0. The minimum atomic E-state index is -0.975. The van der Waals surface area contributed by atoms with Crippen molar-refractivity contribution < 1.29 is 24.2 Å². The summed E-state index contributed by atoms with van der Waals surface area (Å²) in [5.41, 5.74) is 2.06. The highest BCUT2D eigenvalue weighted by atomic mass is 16.5. The molecule has 2 aromatic carbocycles. The highest BCUT2D eigenvalue weighted by Crippen LogP contribution is 2.15. The molecule has 0 aromatic heterocycles. The second kappa shape index (κ2) is 15.1. The number of hydrogen-bond donors (Lipinski definition) is 1. The Bertz CT molecular complexity index is 822. The van der Waals surface area contributed by atoms with Gasteiger partial charge in [-0.1, -0.05) is 68.7 Å². The highest BCUT2D eigenvalue weighted by molar-refractivity contribution is 5.77. The van der Waals surface area contributed by atoms with Crippen LogP contribution in [0.15, 0.2) is 54.6 Å². The fraction of sp³-hybridized carbons (Fsp3) is 0.481. The first-order valence-electron chi connectivity index (χ1n) is 11.9. The van der Waals surface area contributed by atoms with E-state index in [1.807, 2.05) is 35.2 Å². The number of rotatable bonds is 16. The zero-order chi connectivity index (χ0) is 23.9. The first-order chi connectivity index (χ1) is 16.0. The lowest BCUT2D eigenvalue weighted by molar-refractivity contribution is -0.150. The number of amides is 1. The number of unbranched alkanes of at least 4 members (excludes halogenated alkanes) is 3.